The zero-order chi connectivity index (χ0) is 14.4. The Morgan fingerprint density at radius 2 is 2.05 bits per heavy atom. The minimum atomic E-state index is -0.0187. The third-order valence-corrected chi connectivity index (χ3v) is 3.69. The minimum Gasteiger partial charge on any atom is -0.325 e. The van der Waals surface area contributed by atoms with Crippen LogP contribution in [0.4, 0.5) is 5.69 Å². The van der Waals surface area contributed by atoms with Crippen LogP contribution in [0.3, 0.4) is 0 Å². The lowest BCUT2D eigenvalue weighted by molar-refractivity contribution is -0.115. The second kappa shape index (κ2) is 7.10. The molecular weight excluding hydrogens is 268 g/mol. The summed E-state index contributed by atoms with van der Waals surface area (Å²) in [6.45, 7) is 4.28. The van der Waals surface area contributed by atoms with E-state index in [0.29, 0.717) is 11.7 Å². The SMILES string of the molecule is CC(C)Sc1ccccc1NC(=O)Cc1cccnc1. The Hall–Kier alpha value is -1.81. The van der Waals surface area contributed by atoms with E-state index in [9.17, 15) is 4.79 Å². The molecule has 0 spiro atoms. The van der Waals surface area contributed by atoms with Crippen LogP contribution in [0, 0.1) is 0 Å². The molecule has 2 rings (SSSR count). The molecule has 3 nitrogen and oxygen atoms in total. The molecule has 0 unspecified atom stereocenters. The Bertz CT molecular complexity index is 570. The highest BCUT2D eigenvalue weighted by atomic mass is 32.2. The number of thioether (sulfide) groups is 1. The maximum atomic E-state index is 12.1. The molecule has 0 saturated heterocycles. The van der Waals surface area contributed by atoms with E-state index in [1.165, 1.54) is 0 Å². The lowest BCUT2D eigenvalue weighted by Gasteiger charge is -2.12. The summed E-state index contributed by atoms with van der Waals surface area (Å²) in [6, 6.07) is 11.6. The first kappa shape index (κ1) is 14.6. The molecule has 0 aliphatic rings. The number of aromatic nitrogens is 1. The van der Waals surface area contributed by atoms with Gasteiger partial charge in [-0.1, -0.05) is 32.0 Å². The van der Waals surface area contributed by atoms with E-state index in [2.05, 4.69) is 24.1 Å². The number of nitrogens with zero attached hydrogens (tertiary/aromatic N) is 1. The van der Waals surface area contributed by atoms with E-state index >= 15 is 0 Å². The summed E-state index contributed by atoms with van der Waals surface area (Å²) in [5, 5.41) is 3.45. The van der Waals surface area contributed by atoms with Gasteiger partial charge in [-0.15, -0.1) is 11.8 Å². The summed E-state index contributed by atoms with van der Waals surface area (Å²) in [4.78, 5) is 17.2. The van der Waals surface area contributed by atoms with E-state index in [4.69, 9.17) is 0 Å². The normalized spacial score (nSPS) is 10.6. The van der Waals surface area contributed by atoms with Gasteiger partial charge in [0, 0.05) is 22.5 Å². The van der Waals surface area contributed by atoms with Gasteiger partial charge in [0.15, 0.2) is 0 Å². The van der Waals surface area contributed by atoms with Crippen LogP contribution in [0.5, 0.6) is 0 Å². The van der Waals surface area contributed by atoms with Crippen molar-refractivity contribution in [3.05, 3.63) is 54.4 Å². The zero-order valence-electron chi connectivity index (χ0n) is 11.7. The van der Waals surface area contributed by atoms with Gasteiger partial charge in [-0.2, -0.15) is 0 Å². The van der Waals surface area contributed by atoms with Gasteiger partial charge in [0.25, 0.3) is 0 Å². The number of hydrogen-bond acceptors (Lipinski definition) is 3. The molecule has 0 saturated carbocycles. The standard InChI is InChI=1S/C16H18N2OS/c1-12(2)20-15-8-4-3-7-14(15)18-16(19)10-13-6-5-9-17-11-13/h3-9,11-12H,10H2,1-2H3,(H,18,19). The smallest absolute Gasteiger partial charge is 0.228 e. The van der Waals surface area contributed by atoms with E-state index < -0.39 is 0 Å². The molecule has 0 atom stereocenters. The number of rotatable bonds is 5. The highest BCUT2D eigenvalue weighted by Crippen LogP contribution is 2.30. The first-order valence-corrected chi connectivity index (χ1v) is 7.47. The monoisotopic (exact) mass is 286 g/mol. The lowest BCUT2D eigenvalue weighted by Crippen LogP contribution is -2.15. The first-order valence-electron chi connectivity index (χ1n) is 6.59. The van der Waals surface area contributed by atoms with Crippen molar-refractivity contribution in [3.8, 4) is 0 Å². The lowest BCUT2D eigenvalue weighted by atomic mass is 10.2. The molecule has 1 aromatic carbocycles. The molecule has 0 aliphatic carbocycles. The second-order valence-electron chi connectivity index (χ2n) is 4.75. The fraction of sp³-hybridized carbons (Fsp3) is 0.250. The zero-order valence-corrected chi connectivity index (χ0v) is 12.5. The number of benzene rings is 1. The average Bonchev–Trinajstić information content (AvgIpc) is 2.41. The Labute approximate surface area is 123 Å². The third-order valence-electron chi connectivity index (χ3n) is 2.61. The van der Waals surface area contributed by atoms with Crippen LogP contribution in [0.25, 0.3) is 0 Å². The average molecular weight is 286 g/mol. The summed E-state index contributed by atoms with van der Waals surface area (Å²) >= 11 is 1.75. The van der Waals surface area contributed by atoms with Crippen LogP contribution in [0.1, 0.15) is 19.4 Å². The molecule has 0 fully saturated rings. The molecular formula is C16H18N2OS. The number of hydrogen-bond donors (Lipinski definition) is 1. The van der Waals surface area contributed by atoms with Gasteiger partial charge in [0.1, 0.15) is 0 Å². The number of carbonyl (C=O) groups is 1. The summed E-state index contributed by atoms with van der Waals surface area (Å²) in [6.07, 6.45) is 3.76. The van der Waals surface area contributed by atoms with Crippen molar-refractivity contribution < 1.29 is 4.79 Å². The van der Waals surface area contributed by atoms with Gasteiger partial charge in [-0.3, -0.25) is 9.78 Å². The van der Waals surface area contributed by atoms with Crippen molar-refractivity contribution in [2.75, 3.05) is 5.32 Å². The number of carbonyl (C=O) groups excluding carboxylic acids is 1. The molecule has 0 aliphatic heterocycles. The molecule has 4 heteroatoms. The Morgan fingerprint density at radius 3 is 2.75 bits per heavy atom. The van der Waals surface area contributed by atoms with Crippen molar-refractivity contribution in [1.29, 1.82) is 0 Å². The van der Waals surface area contributed by atoms with E-state index in [-0.39, 0.29) is 5.91 Å². The van der Waals surface area contributed by atoms with E-state index in [0.717, 1.165) is 16.1 Å². The van der Waals surface area contributed by atoms with Crippen LogP contribution in [-0.4, -0.2) is 16.1 Å². The topological polar surface area (TPSA) is 42.0 Å². The fourth-order valence-electron chi connectivity index (χ4n) is 1.81. The first-order chi connectivity index (χ1) is 9.65. The fourth-order valence-corrected chi connectivity index (χ4v) is 2.72. The van der Waals surface area contributed by atoms with Gasteiger partial charge in [-0.05, 0) is 23.8 Å². The third kappa shape index (κ3) is 4.38. The summed E-state index contributed by atoms with van der Waals surface area (Å²) < 4.78 is 0. The number of anilines is 1. The van der Waals surface area contributed by atoms with Crippen molar-refractivity contribution in [2.24, 2.45) is 0 Å². The second-order valence-corrected chi connectivity index (χ2v) is 6.37. The van der Waals surface area contributed by atoms with Crippen molar-refractivity contribution in [3.63, 3.8) is 0 Å². The minimum absolute atomic E-state index is 0.0187. The van der Waals surface area contributed by atoms with Crippen LogP contribution in [-0.2, 0) is 11.2 Å². The predicted molar refractivity (Wildman–Crippen MR) is 84.0 cm³/mol. The Morgan fingerprint density at radius 1 is 1.25 bits per heavy atom. The molecule has 0 radical (unpaired) electrons. The molecule has 1 heterocycles. The molecule has 0 bridgehead atoms. The van der Waals surface area contributed by atoms with E-state index in [1.807, 2.05) is 36.4 Å². The van der Waals surface area contributed by atoms with Crippen LogP contribution in [0.2, 0.25) is 0 Å². The molecule has 1 amide bonds. The van der Waals surface area contributed by atoms with Gasteiger partial charge in [0.2, 0.25) is 5.91 Å². The number of amides is 1. The molecule has 2 aromatic rings. The summed E-state index contributed by atoms with van der Waals surface area (Å²) in [5.74, 6) is -0.0187. The molecule has 104 valence electrons. The largest absolute Gasteiger partial charge is 0.325 e. The van der Waals surface area contributed by atoms with Gasteiger partial charge < -0.3 is 5.32 Å². The quantitative estimate of drug-likeness (QED) is 0.851. The summed E-state index contributed by atoms with van der Waals surface area (Å²) in [5.41, 5.74) is 1.79. The maximum absolute atomic E-state index is 12.1. The van der Waals surface area contributed by atoms with E-state index in [1.54, 1.807) is 24.2 Å². The maximum Gasteiger partial charge on any atom is 0.228 e. The Balaban J connectivity index is 2.04. The highest BCUT2D eigenvalue weighted by Gasteiger charge is 2.09. The number of nitrogens with one attached hydrogen (secondary N) is 1. The van der Waals surface area contributed by atoms with Crippen molar-refractivity contribution >= 4 is 23.4 Å². The van der Waals surface area contributed by atoms with Crippen LogP contribution in [0.15, 0.2) is 53.7 Å². The number of para-hydroxylation sites is 1. The molecule has 1 aromatic heterocycles. The molecule has 1 N–H and O–H groups in total. The van der Waals surface area contributed by atoms with Crippen molar-refractivity contribution in [2.45, 2.75) is 30.4 Å². The highest BCUT2D eigenvalue weighted by molar-refractivity contribution is 8.00. The van der Waals surface area contributed by atoms with Gasteiger partial charge >= 0.3 is 0 Å². The Kier molecular flexibility index (Phi) is 5.18. The van der Waals surface area contributed by atoms with Gasteiger partial charge in [-0.25, -0.2) is 0 Å². The predicted octanol–water partition coefficient (Wildman–Crippen LogP) is 3.76. The van der Waals surface area contributed by atoms with Crippen molar-refractivity contribution in [1.82, 2.24) is 4.98 Å². The van der Waals surface area contributed by atoms with Crippen LogP contribution < -0.4 is 5.32 Å². The van der Waals surface area contributed by atoms with Gasteiger partial charge in [0.05, 0.1) is 12.1 Å². The molecule has 20 heavy (non-hydrogen) atoms. The summed E-state index contributed by atoms with van der Waals surface area (Å²) in [7, 11) is 0. The number of pyridine rings is 1. The van der Waals surface area contributed by atoms with Crippen LogP contribution >= 0.6 is 11.8 Å².